The molecule has 0 amide bonds. The third-order valence-corrected chi connectivity index (χ3v) is 2.28. The molecule has 0 aliphatic rings. The zero-order valence-corrected chi connectivity index (χ0v) is 9.89. The van der Waals surface area contributed by atoms with Crippen molar-refractivity contribution >= 4 is 11.8 Å². The molecular formula is C14H16O3. The van der Waals surface area contributed by atoms with E-state index >= 15 is 0 Å². The molecule has 1 aromatic carbocycles. The summed E-state index contributed by atoms with van der Waals surface area (Å²) >= 11 is 0. The van der Waals surface area contributed by atoms with Crippen LogP contribution in [0.2, 0.25) is 0 Å². The Morgan fingerprint density at radius 2 is 1.94 bits per heavy atom. The predicted molar refractivity (Wildman–Crippen MR) is 65.4 cm³/mol. The second kappa shape index (κ2) is 6.63. The number of hydrogen-bond acceptors (Lipinski definition) is 3. The maximum Gasteiger partial charge on any atom is 0.307 e. The third kappa shape index (κ3) is 4.64. The summed E-state index contributed by atoms with van der Waals surface area (Å²) in [6, 6.07) is 9.36. The van der Waals surface area contributed by atoms with Crippen LogP contribution >= 0.6 is 0 Å². The number of esters is 1. The Labute approximate surface area is 101 Å². The summed E-state index contributed by atoms with van der Waals surface area (Å²) in [6.07, 6.45) is 1.46. The third-order valence-electron chi connectivity index (χ3n) is 2.28. The average molecular weight is 232 g/mol. The lowest BCUT2D eigenvalue weighted by Crippen LogP contribution is -2.10. The van der Waals surface area contributed by atoms with Crippen molar-refractivity contribution in [3.8, 4) is 0 Å². The van der Waals surface area contributed by atoms with Crippen molar-refractivity contribution in [1.29, 1.82) is 0 Å². The molecule has 0 bridgehead atoms. The number of rotatable bonds is 6. The Hall–Kier alpha value is -1.90. The van der Waals surface area contributed by atoms with Gasteiger partial charge >= 0.3 is 5.97 Å². The first-order valence-electron chi connectivity index (χ1n) is 5.50. The minimum atomic E-state index is -0.448. The van der Waals surface area contributed by atoms with E-state index in [9.17, 15) is 9.59 Å². The van der Waals surface area contributed by atoms with Crippen molar-refractivity contribution in [2.24, 2.45) is 0 Å². The van der Waals surface area contributed by atoms with Crippen LogP contribution in [0.5, 0.6) is 0 Å². The molecule has 0 heterocycles. The van der Waals surface area contributed by atoms with E-state index in [1.54, 1.807) is 6.08 Å². The Bertz CT molecular complexity index is 395. The van der Waals surface area contributed by atoms with Crippen LogP contribution in [0.25, 0.3) is 0 Å². The number of carbonyl (C=O) groups is 2. The van der Waals surface area contributed by atoms with Gasteiger partial charge in [-0.15, -0.1) is 0 Å². The van der Waals surface area contributed by atoms with Gasteiger partial charge in [0.05, 0.1) is 6.42 Å². The zero-order chi connectivity index (χ0) is 12.7. The van der Waals surface area contributed by atoms with Crippen molar-refractivity contribution in [2.75, 3.05) is 0 Å². The van der Waals surface area contributed by atoms with Crippen LogP contribution in [-0.4, -0.2) is 11.8 Å². The summed E-state index contributed by atoms with van der Waals surface area (Å²) in [5.41, 5.74) is 0.874. The zero-order valence-electron chi connectivity index (χ0n) is 9.89. The molecule has 1 rings (SSSR count). The topological polar surface area (TPSA) is 43.4 Å². The molecule has 0 spiro atoms. The number of ether oxygens (including phenoxy) is 1. The molecule has 1 atom stereocenters. The van der Waals surface area contributed by atoms with Gasteiger partial charge in [-0.3, -0.25) is 4.79 Å². The molecule has 0 aliphatic heterocycles. The van der Waals surface area contributed by atoms with E-state index in [0.29, 0.717) is 0 Å². The van der Waals surface area contributed by atoms with Gasteiger partial charge in [0.25, 0.3) is 0 Å². The highest BCUT2D eigenvalue weighted by Crippen LogP contribution is 2.18. The summed E-state index contributed by atoms with van der Waals surface area (Å²) in [5, 5.41) is 0. The van der Waals surface area contributed by atoms with Crippen LogP contribution < -0.4 is 0 Å². The van der Waals surface area contributed by atoms with Gasteiger partial charge in [-0.1, -0.05) is 36.9 Å². The van der Waals surface area contributed by atoms with Crippen LogP contribution in [0.1, 0.15) is 31.4 Å². The monoisotopic (exact) mass is 232 g/mol. The second-order valence-electron chi connectivity index (χ2n) is 3.76. The van der Waals surface area contributed by atoms with Crippen LogP contribution in [0.15, 0.2) is 43.0 Å². The molecule has 0 saturated heterocycles. The highest BCUT2D eigenvalue weighted by Gasteiger charge is 2.13. The maximum absolute atomic E-state index is 11.5. The summed E-state index contributed by atoms with van der Waals surface area (Å²) in [4.78, 5) is 22.2. The van der Waals surface area contributed by atoms with Gasteiger partial charge in [0.15, 0.2) is 0 Å². The molecule has 0 radical (unpaired) electrons. The van der Waals surface area contributed by atoms with Gasteiger partial charge in [-0.05, 0) is 18.6 Å². The fraction of sp³-hybridized carbons (Fsp3) is 0.286. The maximum atomic E-state index is 11.5. The number of benzene rings is 1. The van der Waals surface area contributed by atoms with E-state index in [1.165, 1.54) is 6.92 Å². The lowest BCUT2D eigenvalue weighted by Gasteiger charge is -2.14. The Kier molecular flexibility index (Phi) is 5.14. The van der Waals surface area contributed by atoms with Crippen molar-refractivity contribution in [3.63, 3.8) is 0 Å². The minimum Gasteiger partial charge on any atom is -0.453 e. The molecule has 0 fully saturated rings. The SMILES string of the molecule is C=CC(OC(=O)CCC(C)=O)c1ccccc1. The fourth-order valence-corrected chi connectivity index (χ4v) is 1.37. The predicted octanol–water partition coefficient (Wildman–Crippen LogP) is 2.83. The molecule has 1 aromatic rings. The molecular weight excluding hydrogens is 216 g/mol. The molecule has 3 nitrogen and oxygen atoms in total. The van der Waals surface area contributed by atoms with Gasteiger partial charge in [-0.2, -0.15) is 0 Å². The highest BCUT2D eigenvalue weighted by molar-refractivity contribution is 5.81. The Morgan fingerprint density at radius 1 is 1.29 bits per heavy atom. The van der Waals surface area contributed by atoms with Crippen molar-refractivity contribution in [2.45, 2.75) is 25.9 Å². The Morgan fingerprint density at radius 3 is 2.47 bits per heavy atom. The van der Waals surface area contributed by atoms with Gasteiger partial charge in [-0.25, -0.2) is 0 Å². The minimum absolute atomic E-state index is 0.0168. The Balaban J connectivity index is 2.56. The molecule has 1 unspecified atom stereocenters. The first-order valence-corrected chi connectivity index (χ1v) is 5.50. The number of carbonyl (C=O) groups excluding carboxylic acids is 2. The van der Waals surface area contributed by atoms with Gasteiger partial charge in [0, 0.05) is 6.42 Å². The van der Waals surface area contributed by atoms with E-state index in [1.807, 2.05) is 30.3 Å². The molecule has 0 aliphatic carbocycles. The van der Waals surface area contributed by atoms with Crippen molar-refractivity contribution in [3.05, 3.63) is 48.6 Å². The van der Waals surface area contributed by atoms with Gasteiger partial charge < -0.3 is 9.53 Å². The molecule has 90 valence electrons. The average Bonchev–Trinajstić information content (AvgIpc) is 2.34. The normalized spacial score (nSPS) is 11.6. The quantitative estimate of drug-likeness (QED) is 0.559. The number of Topliss-reactive ketones (excluding diaryl/α,β-unsaturated/α-hetero) is 1. The molecule has 0 aromatic heterocycles. The standard InChI is InChI=1S/C14H16O3/c1-3-13(12-7-5-4-6-8-12)17-14(16)10-9-11(2)15/h3-8,13H,1,9-10H2,2H3. The number of hydrogen-bond donors (Lipinski definition) is 0. The van der Waals surface area contributed by atoms with Crippen LogP contribution in [0.4, 0.5) is 0 Å². The lowest BCUT2D eigenvalue weighted by molar-refractivity contribution is -0.148. The van der Waals surface area contributed by atoms with Crippen LogP contribution in [-0.2, 0) is 14.3 Å². The second-order valence-corrected chi connectivity index (χ2v) is 3.76. The smallest absolute Gasteiger partial charge is 0.307 e. The fourth-order valence-electron chi connectivity index (χ4n) is 1.37. The number of ketones is 1. The summed E-state index contributed by atoms with van der Waals surface area (Å²) in [5.74, 6) is -0.397. The van der Waals surface area contributed by atoms with E-state index in [2.05, 4.69) is 6.58 Å². The molecule has 17 heavy (non-hydrogen) atoms. The van der Waals surface area contributed by atoms with E-state index in [0.717, 1.165) is 5.56 Å². The largest absolute Gasteiger partial charge is 0.453 e. The highest BCUT2D eigenvalue weighted by atomic mass is 16.5. The summed E-state index contributed by atoms with van der Waals surface area (Å²) < 4.78 is 5.23. The van der Waals surface area contributed by atoms with Crippen molar-refractivity contribution < 1.29 is 14.3 Å². The van der Waals surface area contributed by atoms with E-state index < -0.39 is 6.10 Å². The summed E-state index contributed by atoms with van der Waals surface area (Å²) in [6.45, 7) is 5.10. The molecule has 0 saturated carbocycles. The lowest BCUT2D eigenvalue weighted by atomic mass is 10.1. The van der Waals surface area contributed by atoms with Gasteiger partial charge in [0.2, 0.25) is 0 Å². The van der Waals surface area contributed by atoms with E-state index in [4.69, 9.17) is 4.74 Å². The molecule has 3 heteroatoms. The first-order chi connectivity index (χ1) is 8.13. The van der Waals surface area contributed by atoms with E-state index in [-0.39, 0.29) is 24.6 Å². The molecule has 0 N–H and O–H groups in total. The van der Waals surface area contributed by atoms with Crippen LogP contribution in [0, 0.1) is 0 Å². The van der Waals surface area contributed by atoms with Gasteiger partial charge in [0.1, 0.15) is 11.9 Å². The van der Waals surface area contributed by atoms with Crippen LogP contribution in [0.3, 0.4) is 0 Å². The summed E-state index contributed by atoms with van der Waals surface area (Å²) in [7, 11) is 0. The van der Waals surface area contributed by atoms with Crippen molar-refractivity contribution in [1.82, 2.24) is 0 Å². The first kappa shape index (κ1) is 13.2.